The van der Waals surface area contributed by atoms with Crippen LogP contribution in [0.4, 0.5) is 0 Å². The van der Waals surface area contributed by atoms with Crippen molar-refractivity contribution in [2.24, 2.45) is 0 Å². The Balaban J connectivity index is 2.09. The van der Waals surface area contributed by atoms with E-state index in [2.05, 4.69) is 19.2 Å². The molecule has 2 atom stereocenters. The van der Waals surface area contributed by atoms with E-state index in [1.165, 1.54) is 6.42 Å². The summed E-state index contributed by atoms with van der Waals surface area (Å²) in [7, 11) is 0. The molecule has 36 valence electrons. The van der Waals surface area contributed by atoms with Crippen molar-refractivity contribution in [1.29, 1.82) is 0 Å². The Bertz CT molecular complexity index is 49.9. The molecule has 0 saturated carbocycles. The fraction of sp³-hybridized carbons (Fsp3) is 1.00. The maximum absolute atomic E-state index is 3.28. The lowest BCUT2D eigenvalue weighted by Crippen LogP contribution is -1.83. The number of hydrogen-bond donors (Lipinski definition) is 1. The van der Waals surface area contributed by atoms with Crippen LogP contribution in [0, 0.1) is 0 Å². The normalized spacial score (nSPS) is 43.0. The van der Waals surface area contributed by atoms with Gasteiger partial charge < -0.3 is 5.32 Å². The predicted octanol–water partition coefficient (Wildman–Crippen LogP) is 0.757. The zero-order valence-electron chi connectivity index (χ0n) is 4.36. The minimum atomic E-state index is 0.815. The third kappa shape index (κ3) is 0.548. The number of hydrogen-bond acceptors (Lipinski definition) is 1. The molecule has 1 fully saturated rings. The van der Waals surface area contributed by atoms with Crippen LogP contribution in [-0.4, -0.2) is 12.1 Å². The molecule has 1 aliphatic heterocycles. The van der Waals surface area contributed by atoms with Gasteiger partial charge in [-0.25, -0.2) is 0 Å². The van der Waals surface area contributed by atoms with E-state index in [1.807, 2.05) is 0 Å². The van der Waals surface area contributed by atoms with Gasteiger partial charge in [0.15, 0.2) is 0 Å². The summed E-state index contributed by atoms with van der Waals surface area (Å²) < 4.78 is 0. The van der Waals surface area contributed by atoms with Crippen LogP contribution in [0.15, 0.2) is 0 Å². The molecular weight excluding hydrogens is 74.1 g/mol. The van der Waals surface area contributed by atoms with Gasteiger partial charge in [0.25, 0.3) is 0 Å². The number of nitrogens with one attached hydrogen (secondary N) is 1. The summed E-state index contributed by atoms with van der Waals surface area (Å²) in [5.41, 5.74) is 0. The van der Waals surface area contributed by atoms with Crippen LogP contribution in [0.2, 0.25) is 0 Å². The van der Waals surface area contributed by atoms with E-state index in [4.69, 9.17) is 0 Å². The molecule has 0 aromatic carbocycles. The lowest BCUT2D eigenvalue weighted by atomic mass is 10.3. The highest BCUT2D eigenvalue weighted by atomic mass is 15.1. The summed E-state index contributed by atoms with van der Waals surface area (Å²) in [4.78, 5) is 0. The highest BCUT2D eigenvalue weighted by molar-refractivity contribution is 4.92. The van der Waals surface area contributed by atoms with Crippen LogP contribution < -0.4 is 5.32 Å². The Hall–Kier alpha value is -0.0400. The zero-order valence-corrected chi connectivity index (χ0v) is 4.36. The van der Waals surface area contributed by atoms with Gasteiger partial charge in [-0.1, -0.05) is 6.92 Å². The summed E-state index contributed by atoms with van der Waals surface area (Å²) >= 11 is 0. The van der Waals surface area contributed by atoms with Crippen molar-refractivity contribution in [1.82, 2.24) is 5.32 Å². The van der Waals surface area contributed by atoms with Gasteiger partial charge in [0, 0.05) is 12.1 Å². The SMILES string of the molecule is CCC1N[C@H]1C. The molecule has 0 aromatic rings. The van der Waals surface area contributed by atoms with Crippen LogP contribution >= 0.6 is 0 Å². The molecule has 1 saturated heterocycles. The second-order valence-electron chi connectivity index (χ2n) is 1.97. The van der Waals surface area contributed by atoms with Crippen LogP contribution in [0.25, 0.3) is 0 Å². The Labute approximate surface area is 38.7 Å². The van der Waals surface area contributed by atoms with Crippen molar-refractivity contribution in [3.05, 3.63) is 0 Å². The van der Waals surface area contributed by atoms with Gasteiger partial charge in [-0.15, -0.1) is 0 Å². The molecular formula is C5H11N. The molecule has 0 radical (unpaired) electrons. The summed E-state index contributed by atoms with van der Waals surface area (Å²) in [6.07, 6.45) is 1.29. The van der Waals surface area contributed by atoms with E-state index in [0.717, 1.165) is 12.1 Å². The first kappa shape index (κ1) is 4.13. The molecule has 6 heavy (non-hydrogen) atoms. The van der Waals surface area contributed by atoms with E-state index < -0.39 is 0 Å². The van der Waals surface area contributed by atoms with Crippen LogP contribution in [0.5, 0.6) is 0 Å². The van der Waals surface area contributed by atoms with Crippen LogP contribution in [-0.2, 0) is 0 Å². The highest BCUT2D eigenvalue weighted by Crippen LogP contribution is 2.11. The molecule has 1 heteroatoms. The number of rotatable bonds is 1. The van der Waals surface area contributed by atoms with Crippen molar-refractivity contribution in [3.8, 4) is 0 Å². The second-order valence-corrected chi connectivity index (χ2v) is 1.97. The van der Waals surface area contributed by atoms with Gasteiger partial charge in [0.05, 0.1) is 0 Å². The van der Waals surface area contributed by atoms with E-state index in [-0.39, 0.29) is 0 Å². The molecule has 0 aromatic heterocycles. The molecule has 1 aliphatic rings. The summed E-state index contributed by atoms with van der Waals surface area (Å²) in [5.74, 6) is 0. The standard InChI is InChI=1S/C5H11N/c1-3-5-4(2)6-5/h4-6H,3H2,1-2H3/t4-,5?/m0/s1. The summed E-state index contributed by atoms with van der Waals surface area (Å²) in [5, 5.41) is 3.28. The third-order valence-corrected chi connectivity index (χ3v) is 1.41. The fourth-order valence-electron chi connectivity index (χ4n) is 0.754. The van der Waals surface area contributed by atoms with Crippen molar-refractivity contribution in [2.45, 2.75) is 32.4 Å². The zero-order chi connectivity index (χ0) is 4.57. The Morgan fingerprint density at radius 2 is 2.17 bits per heavy atom. The largest absolute Gasteiger partial charge is 0.308 e. The summed E-state index contributed by atoms with van der Waals surface area (Å²) in [6.45, 7) is 4.43. The maximum Gasteiger partial charge on any atom is 0.0219 e. The molecule has 0 spiro atoms. The average molecular weight is 85.1 g/mol. The van der Waals surface area contributed by atoms with Gasteiger partial charge in [-0.05, 0) is 13.3 Å². The quantitative estimate of drug-likeness (QED) is 0.466. The molecule has 1 unspecified atom stereocenters. The Morgan fingerprint density at radius 1 is 1.67 bits per heavy atom. The van der Waals surface area contributed by atoms with Crippen molar-refractivity contribution in [2.75, 3.05) is 0 Å². The molecule has 1 nitrogen and oxygen atoms in total. The lowest BCUT2D eigenvalue weighted by Gasteiger charge is -1.75. The first-order chi connectivity index (χ1) is 2.84. The van der Waals surface area contributed by atoms with Gasteiger partial charge in [-0.3, -0.25) is 0 Å². The second kappa shape index (κ2) is 1.23. The molecule has 1 N–H and O–H groups in total. The van der Waals surface area contributed by atoms with Crippen molar-refractivity contribution >= 4 is 0 Å². The smallest absolute Gasteiger partial charge is 0.0219 e. The van der Waals surface area contributed by atoms with Gasteiger partial charge >= 0.3 is 0 Å². The van der Waals surface area contributed by atoms with E-state index in [9.17, 15) is 0 Å². The third-order valence-electron chi connectivity index (χ3n) is 1.41. The average Bonchev–Trinajstić information content (AvgIpc) is 2.19. The minimum Gasteiger partial charge on any atom is -0.308 e. The Morgan fingerprint density at radius 3 is 2.17 bits per heavy atom. The van der Waals surface area contributed by atoms with Crippen LogP contribution in [0.1, 0.15) is 20.3 Å². The first-order valence-corrected chi connectivity index (χ1v) is 2.60. The van der Waals surface area contributed by atoms with Gasteiger partial charge in [0.2, 0.25) is 0 Å². The molecule has 0 amide bonds. The molecule has 1 heterocycles. The monoisotopic (exact) mass is 85.1 g/mol. The van der Waals surface area contributed by atoms with Crippen molar-refractivity contribution in [3.63, 3.8) is 0 Å². The maximum atomic E-state index is 3.28. The van der Waals surface area contributed by atoms with E-state index in [0.29, 0.717) is 0 Å². The predicted molar refractivity (Wildman–Crippen MR) is 26.7 cm³/mol. The highest BCUT2D eigenvalue weighted by Gasteiger charge is 2.28. The lowest BCUT2D eigenvalue weighted by molar-refractivity contribution is 0.871. The Kier molecular flexibility index (Phi) is 0.845. The first-order valence-electron chi connectivity index (χ1n) is 2.60. The van der Waals surface area contributed by atoms with Gasteiger partial charge in [-0.2, -0.15) is 0 Å². The molecule has 0 bridgehead atoms. The van der Waals surface area contributed by atoms with E-state index in [1.54, 1.807) is 0 Å². The molecule has 0 aliphatic carbocycles. The van der Waals surface area contributed by atoms with E-state index >= 15 is 0 Å². The minimum absolute atomic E-state index is 0.815. The van der Waals surface area contributed by atoms with Crippen LogP contribution in [0.3, 0.4) is 0 Å². The summed E-state index contributed by atoms with van der Waals surface area (Å²) in [6, 6.07) is 1.67. The fourth-order valence-corrected chi connectivity index (χ4v) is 0.754. The van der Waals surface area contributed by atoms with Gasteiger partial charge in [0.1, 0.15) is 0 Å². The molecule has 1 rings (SSSR count). The topological polar surface area (TPSA) is 21.9 Å². The van der Waals surface area contributed by atoms with Crippen molar-refractivity contribution < 1.29 is 0 Å².